The van der Waals surface area contributed by atoms with E-state index in [1.807, 2.05) is 18.2 Å². The molecule has 88 valence electrons. The van der Waals surface area contributed by atoms with Crippen LogP contribution in [-0.4, -0.2) is 21.0 Å². The van der Waals surface area contributed by atoms with Crippen molar-refractivity contribution in [3.8, 4) is 11.4 Å². The van der Waals surface area contributed by atoms with Crippen LogP contribution in [0.5, 0.6) is 0 Å². The van der Waals surface area contributed by atoms with Crippen LogP contribution in [0.1, 0.15) is 19.5 Å². The van der Waals surface area contributed by atoms with Crippen molar-refractivity contribution in [1.82, 2.24) is 20.3 Å². The Kier molecular flexibility index (Phi) is 3.77. The fraction of sp³-hybridized carbons (Fsp3) is 0.308. The Morgan fingerprint density at radius 1 is 1.12 bits per heavy atom. The summed E-state index contributed by atoms with van der Waals surface area (Å²) >= 11 is 0. The first-order valence-electron chi connectivity index (χ1n) is 5.71. The Morgan fingerprint density at radius 2 is 1.88 bits per heavy atom. The second kappa shape index (κ2) is 5.50. The van der Waals surface area contributed by atoms with Gasteiger partial charge in [0.25, 0.3) is 0 Å². The van der Waals surface area contributed by atoms with Gasteiger partial charge in [0.05, 0.1) is 5.69 Å². The Bertz CT molecular complexity index is 468. The molecule has 0 saturated carbocycles. The lowest BCUT2D eigenvalue weighted by atomic mass is 10.2. The topological polar surface area (TPSA) is 50.7 Å². The number of nitrogens with zero attached hydrogens (tertiary/aromatic N) is 3. The van der Waals surface area contributed by atoms with Crippen LogP contribution in [-0.2, 0) is 6.54 Å². The Labute approximate surface area is 101 Å². The van der Waals surface area contributed by atoms with Gasteiger partial charge in [-0.25, -0.2) is 9.97 Å². The highest BCUT2D eigenvalue weighted by molar-refractivity contribution is 5.53. The molecule has 4 nitrogen and oxygen atoms in total. The summed E-state index contributed by atoms with van der Waals surface area (Å²) in [5.74, 6) is 0.746. The van der Waals surface area contributed by atoms with E-state index in [0.29, 0.717) is 6.04 Å². The van der Waals surface area contributed by atoms with Crippen molar-refractivity contribution in [1.29, 1.82) is 0 Å². The van der Waals surface area contributed by atoms with Gasteiger partial charge in [0.2, 0.25) is 0 Å². The van der Waals surface area contributed by atoms with Crippen LogP contribution in [0.15, 0.2) is 36.8 Å². The number of hydrogen-bond donors (Lipinski definition) is 1. The van der Waals surface area contributed by atoms with E-state index in [2.05, 4.69) is 34.1 Å². The average Bonchev–Trinajstić information content (AvgIpc) is 2.38. The van der Waals surface area contributed by atoms with Crippen LogP contribution in [0.3, 0.4) is 0 Å². The maximum Gasteiger partial charge on any atom is 0.159 e. The zero-order valence-corrected chi connectivity index (χ0v) is 10.1. The predicted molar refractivity (Wildman–Crippen MR) is 67.2 cm³/mol. The molecule has 2 aromatic heterocycles. The Hall–Kier alpha value is -1.81. The summed E-state index contributed by atoms with van der Waals surface area (Å²) in [6, 6.07) is 6.21. The fourth-order valence-corrected chi connectivity index (χ4v) is 1.44. The van der Waals surface area contributed by atoms with Crippen molar-refractivity contribution in [2.45, 2.75) is 26.4 Å². The molecule has 0 aliphatic carbocycles. The summed E-state index contributed by atoms with van der Waals surface area (Å²) in [6.45, 7) is 4.99. The highest BCUT2D eigenvalue weighted by atomic mass is 14.9. The first-order valence-corrected chi connectivity index (χ1v) is 5.71. The van der Waals surface area contributed by atoms with Gasteiger partial charge in [0.1, 0.15) is 0 Å². The van der Waals surface area contributed by atoms with Gasteiger partial charge in [-0.05, 0) is 18.2 Å². The van der Waals surface area contributed by atoms with E-state index in [4.69, 9.17) is 0 Å². The molecule has 0 bridgehead atoms. The van der Waals surface area contributed by atoms with E-state index in [9.17, 15) is 0 Å². The number of hydrogen-bond acceptors (Lipinski definition) is 4. The first-order chi connectivity index (χ1) is 8.25. The molecule has 0 atom stereocenters. The summed E-state index contributed by atoms with van der Waals surface area (Å²) in [5, 5.41) is 3.34. The maximum atomic E-state index is 4.51. The lowest BCUT2D eigenvalue weighted by Crippen LogP contribution is -2.22. The van der Waals surface area contributed by atoms with Gasteiger partial charge in [0, 0.05) is 36.7 Å². The lowest BCUT2D eigenvalue weighted by Gasteiger charge is -2.08. The summed E-state index contributed by atoms with van der Waals surface area (Å²) in [7, 11) is 0. The minimum Gasteiger partial charge on any atom is -0.309 e. The van der Waals surface area contributed by atoms with E-state index in [-0.39, 0.29) is 0 Å². The molecule has 0 spiro atoms. The smallest absolute Gasteiger partial charge is 0.159 e. The number of aromatic nitrogens is 3. The number of rotatable bonds is 4. The first kappa shape index (κ1) is 11.7. The molecule has 1 N–H and O–H groups in total. The number of nitrogens with one attached hydrogen (secondary N) is 1. The summed E-state index contributed by atoms with van der Waals surface area (Å²) in [5.41, 5.74) is 1.99. The van der Waals surface area contributed by atoms with Gasteiger partial charge in [-0.1, -0.05) is 13.8 Å². The second-order valence-electron chi connectivity index (χ2n) is 4.14. The van der Waals surface area contributed by atoms with E-state index in [1.165, 1.54) is 0 Å². The molecule has 0 aromatic carbocycles. The molecule has 0 unspecified atom stereocenters. The lowest BCUT2D eigenvalue weighted by molar-refractivity contribution is 0.581. The van der Waals surface area contributed by atoms with Crippen LogP contribution in [0.2, 0.25) is 0 Å². The van der Waals surface area contributed by atoms with Gasteiger partial charge in [-0.3, -0.25) is 4.98 Å². The van der Waals surface area contributed by atoms with Crippen LogP contribution in [0, 0.1) is 0 Å². The van der Waals surface area contributed by atoms with Crippen molar-refractivity contribution in [2.75, 3.05) is 0 Å². The molecule has 2 rings (SSSR count). The third kappa shape index (κ3) is 3.32. The molecule has 4 heteroatoms. The predicted octanol–water partition coefficient (Wildman–Crippen LogP) is 2.04. The summed E-state index contributed by atoms with van der Waals surface area (Å²) < 4.78 is 0. The quantitative estimate of drug-likeness (QED) is 0.870. The van der Waals surface area contributed by atoms with Gasteiger partial charge in [-0.15, -0.1) is 0 Å². The Balaban J connectivity index is 2.17. The van der Waals surface area contributed by atoms with Gasteiger partial charge >= 0.3 is 0 Å². The van der Waals surface area contributed by atoms with Gasteiger partial charge in [-0.2, -0.15) is 0 Å². The molecule has 0 amide bonds. The summed E-state index contributed by atoms with van der Waals surface area (Å²) in [6.07, 6.45) is 5.29. The van der Waals surface area contributed by atoms with Crippen LogP contribution in [0.25, 0.3) is 11.4 Å². The standard InChI is InChI=1S/C13H16N4/c1-10(2)16-9-12-5-8-15-13(17-12)11-3-6-14-7-4-11/h3-8,10,16H,9H2,1-2H3. The molecule has 0 fully saturated rings. The minimum atomic E-state index is 0.453. The van der Waals surface area contributed by atoms with Crippen molar-refractivity contribution >= 4 is 0 Å². The van der Waals surface area contributed by atoms with Crippen LogP contribution < -0.4 is 5.32 Å². The molecule has 0 aliphatic heterocycles. The zero-order valence-electron chi connectivity index (χ0n) is 10.1. The highest BCUT2D eigenvalue weighted by Crippen LogP contribution is 2.12. The molecule has 2 heterocycles. The van der Waals surface area contributed by atoms with Crippen molar-refractivity contribution in [3.05, 3.63) is 42.5 Å². The molecule has 0 aliphatic rings. The third-order valence-corrected chi connectivity index (χ3v) is 2.34. The molecule has 2 aromatic rings. The van der Waals surface area contributed by atoms with Crippen molar-refractivity contribution in [2.24, 2.45) is 0 Å². The zero-order chi connectivity index (χ0) is 12.1. The average molecular weight is 228 g/mol. The monoisotopic (exact) mass is 228 g/mol. The van der Waals surface area contributed by atoms with Crippen LogP contribution in [0.4, 0.5) is 0 Å². The normalized spacial score (nSPS) is 10.8. The van der Waals surface area contributed by atoms with Crippen molar-refractivity contribution in [3.63, 3.8) is 0 Å². The second-order valence-corrected chi connectivity index (χ2v) is 4.14. The molecular weight excluding hydrogens is 212 g/mol. The molecule has 0 saturated heterocycles. The van der Waals surface area contributed by atoms with E-state index in [0.717, 1.165) is 23.6 Å². The largest absolute Gasteiger partial charge is 0.309 e. The third-order valence-electron chi connectivity index (χ3n) is 2.34. The summed E-state index contributed by atoms with van der Waals surface area (Å²) in [4.78, 5) is 12.8. The number of pyridine rings is 1. The molecule has 17 heavy (non-hydrogen) atoms. The van der Waals surface area contributed by atoms with E-state index in [1.54, 1.807) is 18.6 Å². The van der Waals surface area contributed by atoms with Crippen LogP contribution >= 0.6 is 0 Å². The molecular formula is C13H16N4. The van der Waals surface area contributed by atoms with Crippen molar-refractivity contribution < 1.29 is 0 Å². The molecule has 0 radical (unpaired) electrons. The fourth-order valence-electron chi connectivity index (χ4n) is 1.44. The van der Waals surface area contributed by atoms with Gasteiger partial charge in [0.15, 0.2) is 5.82 Å². The highest BCUT2D eigenvalue weighted by Gasteiger charge is 2.02. The van der Waals surface area contributed by atoms with E-state index < -0.39 is 0 Å². The maximum absolute atomic E-state index is 4.51. The van der Waals surface area contributed by atoms with Gasteiger partial charge < -0.3 is 5.32 Å². The minimum absolute atomic E-state index is 0.453. The van der Waals surface area contributed by atoms with E-state index >= 15 is 0 Å². The Morgan fingerprint density at radius 3 is 2.59 bits per heavy atom. The SMILES string of the molecule is CC(C)NCc1ccnc(-c2ccncc2)n1.